The number of piperidine rings is 1. The molecule has 1 fully saturated rings. The summed E-state index contributed by atoms with van der Waals surface area (Å²) in [7, 11) is 0. The molecular weight excluding hydrogens is 459 g/mol. The molecule has 8 heteroatoms. The number of para-hydroxylation sites is 1. The third-order valence-corrected chi connectivity index (χ3v) is 6.10. The predicted molar refractivity (Wildman–Crippen MR) is 136 cm³/mol. The van der Waals surface area contributed by atoms with Crippen LogP contribution in [0.3, 0.4) is 0 Å². The highest BCUT2D eigenvalue weighted by Crippen LogP contribution is 2.32. The normalized spacial score (nSPS) is 13.3. The maximum atomic E-state index is 12.8. The summed E-state index contributed by atoms with van der Waals surface area (Å²) >= 11 is 12.3. The van der Waals surface area contributed by atoms with E-state index in [9.17, 15) is 9.59 Å². The van der Waals surface area contributed by atoms with Crippen LogP contribution in [0, 0.1) is 0 Å². The second kappa shape index (κ2) is 10.6. The van der Waals surface area contributed by atoms with Gasteiger partial charge in [0.25, 0.3) is 5.91 Å². The molecule has 0 aliphatic carbocycles. The molecule has 3 aromatic carbocycles. The van der Waals surface area contributed by atoms with Gasteiger partial charge in [0.1, 0.15) is 0 Å². The van der Waals surface area contributed by atoms with Crippen LogP contribution < -0.4 is 20.9 Å². The fraction of sp³-hybridized carbons (Fsp3) is 0.200. The molecule has 1 aliphatic rings. The number of amides is 3. The summed E-state index contributed by atoms with van der Waals surface area (Å²) in [5, 5.41) is 9.39. The highest BCUT2D eigenvalue weighted by molar-refractivity contribution is 6.34. The summed E-state index contributed by atoms with van der Waals surface area (Å²) < 4.78 is 0. The second-order valence-corrected chi connectivity index (χ2v) is 8.59. The van der Waals surface area contributed by atoms with Crippen molar-refractivity contribution in [2.75, 3.05) is 33.9 Å². The van der Waals surface area contributed by atoms with Gasteiger partial charge in [-0.25, -0.2) is 4.79 Å². The van der Waals surface area contributed by atoms with E-state index in [0.717, 1.165) is 31.6 Å². The first-order chi connectivity index (χ1) is 16.0. The van der Waals surface area contributed by atoms with E-state index in [-0.39, 0.29) is 5.91 Å². The zero-order valence-electron chi connectivity index (χ0n) is 17.9. The molecule has 0 unspecified atom stereocenters. The average Bonchev–Trinajstić information content (AvgIpc) is 2.81. The van der Waals surface area contributed by atoms with E-state index in [1.165, 1.54) is 6.42 Å². The number of carbonyl (C=O) groups excluding carboxylic acids is 2. The van der Waals surface area contributed by atoms with Crippen molar-refractivity contribution in [3.05, 3.63) is 82.3 Å². The minimum Gasteiger partial charge on any atom is -0.370 e. The average molecular weight is 483 g/mol. The van der Waals surface area contributed by atoms with Gasteiger partial charge in [-0.15, -0.1) is 0 Å². The molecule has 3 N–H and O–H groups in total. The zero-order valence-corrected chi connectivity index (χ0v) is 19.4. The van der Waals surface area contributed by atoms with E-state index in [2.05, 4.69) is 20.9 Å². The molecule has 6 nitrogen and oxygen atoms in total. The summed E-state index contributed by atoms with van der Waals surface area (Å²) in [4.78, 5) is 27.7. The Morgan fingerprint density at radius 3 is 2.12 bits per heavy atom. The van der Waals surface area contributed by atoms with E-state index in [0.29, 0.717) is 32.7 Å². The smallest absolute Gasteiger partial charge is 0.323 e. The lowest BCUT2D eigenvalue weighted by Gasteiger charge is -2.31. The zero-order chi connectivity index (χ0) is 23.2. The van der Waals surface area contributed by atoms with Gasteiger partial charge in [0.05, 0.1) is 32.7 Å². The van der Waals surface area contributed by atoms with Crippen LogP contribution in [-0.2, 0) is 0 Å². The first-order valence-corrected chi connectivity index (χ1v) is 11.5. The Bertz CT molecular complexity index is 1160. The molecule has 1 heterocycles. The molecule has 170 valence electrons. The number of nitrogens with one attached hydrogen (secondary N) is 3. The van der Waals surface area contributed by atoms with Gasteiger partial charge in [0.2, 0.25) is 0 Å². The minimum atomic E-state index is -0.420. The number of halogens is 2. The molecule has 1 saturated heterocycles. The molecule has 0 aromatic heterocycles. The van der Waals surface area contributed by atoms with Crippen molar-refractivity contribution in [3.63, 3.8) is 0 Å². The highest BCUT2D eigenvalue weighted by Gasteiger charge is 2.18. The summed E-state index contributed by atoms with van der Waals surface area (Å²) in [6.07, 6.45) is 3.38. The van der Waals surface area contributed by atoms with Crippen molar-refractivity contribution in [2.45, 2.75) is 19.3 Å². The van der Waals surface area contributed by atoms with Crippen LogP contribution >= 0.6 is 23.2 Å². The molecule has 0 bridgehead atoms. The number of carbonyl (C=O) groups is 2. The quantitative estimate of drug-likeness (QED) is 0.370. The number of nitrogens with zero attached hydrogens (tertiary/aromatic N) is 1. The van der Waals surface area contributed by atoms with Crippen molar-refractivity contribution in [1.82, 2.24) is 0 Å². The Hall–Kier alpha value is -3.22. The lowest BCUT2D eigenvalue weighted by molar-refractivity contribution is 0.102. The standard InChI is InChI=1S/C25H24Cl2N4O2/c26-19-9-3-2-8-18(19)24(32)28-17-12-13-23(31-14-6-1-7-15-31)22(16-17)30-25(33)29-21-11-5-4-10-20(21)27/h2-5,8-13,16H,1,6-7,14-15H2,(H,28,32)(H2,29,30,33). The molecule has 33 heavy (non-hydrogen) atoms. The molecular formula is C25H24Cl2N4O2. The van der Waals surface area contributed by atoms with E-state index in [4.69, 9.17) is 23.2 Å². The lowest BCUT2D eigenvalue weighted by Crippen LogP contribution is -2.31. The summed E-state index contributed by atoms with van der Waals surface area (Å²) in [5.41, 5.74) is 2.94. The van der Waals surface area contributed by atoms with E-state index < -0.39 is 6.03 Å². The van der Waals surface area contributed by atoms with Crippen molar-refractivity contribution in [2.24, 2.45) is 0 Å². The van der Waals surface area contributed by atoms with E-state index in [1.54, 1.807) is 54.6 Å². The first kappa shape index (κ1) is 23.0. The predicted octanol–water partition coefficient (Wildman–Crippen LogP) is 6.88. The SMILES string of the molecule is O=C(Nc1ccccc1Cl)Nc1cc(NC(=O)c2ccccc2Cl)ccc1N1CCCCC1. The van der Waals surface area contributed by atoms with Crippen LogP contribution in [0.5, 0.6) is 0 Å². The van der Waals surface area contributed by atoms with Crippen molar-refractivity contribution < 1.29 is 9.59 Å². The molecule has 0 atom stereocenters. The number of anilines is 4. The van der Waals surface area contributed by atoms with Crippen molar-refractivity contribution in [1.29, 1.82) is 0 Å². The number of urea groups is 1. The maximum Gasteiger partial charge on any atom is 0.323 e. The van der Waals surface area contributed by atoms with Gasteiger partial charge in [-0.2, -0.15) is 0 Å². The van der Waals surface area contributed by atoms with Crippen LogP contribution in [-0.4, -0.2) is 25.0 Å². The van der Waals surface area contributed by atoms with Gasteiger partial charge in [-0.05, 0) is 61.7 Å². The fourth-order valence-corrected chi connectivity index (χ4v) is 4.21. The van der Waals surface area contributed by atoms with Crippen molar-refractivity contribution in [3.8, 4) is 0 Å². The van der Waals surface area contributed by atoms with Gasteiger partial charge < -0.3 is 20.9 Å². The molecule has 4 rings (SSSR count). The number of hydrogen-bond donors (Lipinski definition) is 3. The third kappa shape index (κ3) is 5.78. The van der Waals surface area contributed by atoms with Gasteiger partial charge in [-0.3, -0.25) is 4.79 Å². The molecule has 0 radical (unpaired) electrons. The summed E-state index contributed by atoms with van der Waals surface area (Å²) in [6, 6.07) is 19.0. The van der Waals surface area contributed by atoms with Gasteiger partial charge in [-0.1, -0.05) is 47.5 Å². The maximum absolute atomic E-state index is 12.8. The Labute approximate surface area is 202 Å². The fourth-order valence-electron chi connectivity index (χ4n) is 3.81. The third-order valence-electron chi connectivity index (χ3n) is 5.44. The van der Waals surface area contributed by atoms with Crippen LogP contribution in [0.2, 0.25) is 10.0 Å². The Kier molecular flexibility index (Phi) is 7.37. The van der Waals surface area contributed by atoms with Crippen LogP contribution in [0.15, 0.2) is 66.7 Å². The lowest BCUT2D eigenvalue weighted by atomic mass is 10.1. The molecule has 1 aliphatic heterocycles. The molecule has 0 spiro atoms. The topological polar surface area (TPSA) is 73.5 Å². The Balaban J connectivity index is 1.58. The summed E-state index contributed by atoms with van der Waals surface area (Å²) in [6.45, 7) is 1.82. The van der Waals surface area contributed by atoms with Crippen LogP contribution in [0.1, 0.15) is 29.6 Å². The Morgan fingerprint density at radius 1 is 0.727 bits per heavy atom. The monoisotopic (exact) mass is 482 g/mol. The largest absolute Gasteiger partial charge is 0.370 e. The van der Waals surface area contributed by atoms with Crippen LogP contribution in [0.25, 0.3) is 0 Å². The summed E-state index contributed by atoms with van der Waals surface area (Å²) in [5.74, 6) is -0.321. The molecule has 3 aromatic rings. The second-order valence-electron chi connectivity index (χ2n) is 7.77. The Morgan fingerprint density at radius 2 is 1.39 bits per heavy atom. The van der Waals surface area contributed by atoms with Gasteiger partial charge >= 0.3 is 6.03 Å². The molecule has 0 saturated carbocycles. The first-order valence-electron chi connectivity index (χ1n) is 10.8. The van der Waals surface area contributed by atoms with Gasteiger partial charge in [0, 0.05) is 18.8 Å². The van der Waals surface area contributed by atoms with Crippen molar-refractivity contribution >= 4 is 57.9 Å². The highest BCUT2D eigenvalue weighted by atomic mass is 35.5. The number of hydrogen-bond acceptors (Lipinski definition) is 3. The number of benzene rings is 3. The molecule has 3 amide bonds. The van der Waals surface area contributed by atoms with E-state index >= 15 is 0 Å². The number of rotatable bonds is 5. The minimum absolute atomic E-state index is 0.321. The van der Waals surface area contributed by atoms with E-state index in [1.807, 2.05) is 12.1 Å². The van der Waals surface area contributed by atoms with Crippen LogP contribution in [0.4, 0.5) is 27.5 Å². The van der Waals surface area contributed by atoms with Gasteiger partial charge in [0.15, 0.2) is 0 Å².